The average Bonchev–Trinajstić information content (AvgIpc) is 3.38. The van der Waals surface area contributed by atoms with E-state index < -0.39 is 34.8 Å². The first-order chi connectivity index (χ1) is 19.4. The third kappa shape index (κ3) is 3.17. The Bertz CT molecular complexity index is 2070. The number of allylic oxidation sites excluding steroid dienone is 2. The van der Waals surface area contributed by atoms with E-state index in [4.69, 9.17) is 0 Å². The molecule has 3 aromatic carbocycles. The molecule has 2 aliphatic heterocycles. The maximum absolute atomic E-state index is 13.9. The number of hydrogen-bond donors (Lipinski definition) is 1. The van der Waals surface area contributed by atoms with E-state index in [2.05, 4.69) is 0 Å². The van der Waals surface area contributed by atoms with Gasteiger partial charge in [-0.05, 0) is 42.3 Å². The summed E-state index contributed by atoms with van der Waals surface area (Å²) in [6, 6.07) is 20.8. The smallest absolute Gasteiger partial charge is 0.352 e. The molecule has 2 aliphatic rings. The largest absolute Gasteiger partial charge is 0.507 e. The molecular weight excluding hydrogens is 512 g/mol. The Morgan fingerprint density at radius 2 is 1.25 bits per heavy atom. The van der Waals surface area contributed by atoms with Gasteiger partial charge in [-0.15, -0.1) is 0 Å². The van der Waals surface area contributed by atoms with E-state index in [0.717, 1.165) is 9.13 Å². The fourth-order valence-corrected chi connectivity index (χ4v) is 5.93. The van der Waals surface area contributed by atoms with Gasteiger partial charge in [0.2, 0.25) is 0 Å². The van der Waals surface area contributed by atoms with E-state index in [1.807, 2.05) is 6.08 Å². The van der Waals surface area contributed by atoms with Crippen molar-refractivity contribution < 1.29 is 5.11 Å². The van der Waals surface area contributed by atoms with E-state index in [0.29, 0.717) is 28.1 Å². The summed E-state index contributed by atoms with van der Waals surface area (Å²) in [5.74, 6) is -0.00965. The van der Waals surface area contributed by atoms with Crippen molar-refractivity contribution in [2.45, 2.75) is 32.1 Å². The van der Waals surface area contributed by atoms with Crippen molar-refractivity contribution in [3.05, 3.63) is 144 Å². The number of nitrogens with zero attached hydrogens (tertiary/aromatic N) is 6. The minimum absolute atomic E-state index is 0.00965. The van der Waals surface area contributed by atoms with Gasteiger partial charge in [0.15, 0.2) is 0 Å². The normalized spacial score (nSPS) is 17.6. The van der Waals surface area contributed by atoms with Gasteiger partial charge < -0.3 is 5.11 Å². The molecule has 4 heterocycles. The van der Waals surface area contributed by atoms with Gasteiger partial charge in [0.05, 0.1) is 30.5 Å². The van der Waals surface area contributed by atoms with Crippen LogP contribution in [0.2, 0.25) is 0 Å². The Labute approximate surface area is 225 Å². The van der Waals surface area contributed by atoms with Gasteiger partial charge in [0.1, 0.15) is 11.8 Å². The van der Waals surface area contributed by atoms with Crippen molar-refractivity contribution in [3.8, 4) is 17.1 Å². The predicted molar refractivity (Wildman–Crippen MR) is 147 cm³/mol. The van der Waals surface area contributed by atoms with E-state index >= 15 is 0 Å². The fourth-order valence-electron chi connectivity index (χ4n) is 5.93. The Balaban J connectivity index is 1.52. The second-order valence-electron chi connectivity index (χ2n) is 9.96. The molecular formula is C29H24N6O5. The first kappa shape index (κ1) is 23.8. The number of phenolic OH excluding ortho intramolecular Hbond substituents is 1. The highest BCUT2D eigenvalue weighted by Gasteiger charge is 2.42. The van der Waals surface area contributed by atoms with Gasteiger partial charge in [-0.25, -0.2) is 47.0 Å². The van der Waals surface area contributed by atoms with Crippen molar-refractivity contribution in [2.24, 2.45) is 0 Å². The molecule has 0 amide bonds. The van der Waals surface area contributed by atoms with Gasteiger partial charge in [-0.2, -0.15) is 0 Å². The molecule has 0 bridgehead atoms. The van der Waals surface area contributed by atoms with Crippen molar-refractivity contribution in [2.75, 3.05) is 0 Å². The van der Waals surface area contributed by atoms with Gasteiger partial charge >= 0.3 is 22.8 Å². The lowest BCUT2D eigenvalue weighted by molar-refractivity contribution is 0.244. The van der Waals surface area contributed by atoms with Crippen LogP contribution in [0.3, 0.4) is 0 Å². The Kier molecular flexibility index (Phi) is 5.11. The summed E-state index contributed by atoms with van der Waals surface area (Å²) in [6.45, 7) is 1.78. The molecule has 0 aliphatic carbocycles. The Morgan fingerprint density at radius 1 is 0.675 bits per heavy atom. The molecule has 0 unspecified atom stereocenters. The number of aromatic hydroxyl groups is 1. The molecule has 0 fully saturated rings. The standard InChI is InChI=1S/C29H24N6O5/c1-18-9-8-14-22(25(18)36)24-21-15-16-30-26(37)32(19-10-4-2-5-11-19)28(39)34(30)23(21)17-31-27(38)33(29(40)35(24)31)20-12-6-3-7-13-20/h2-15,23-24,36H,16-17H2,1H3/t23-,24-/m1/s1. The van der Waals surface area contributed by atoms with Crippen molar-refractivity contribution in [1.82, 2.24) is 27.9 Å². The molecule has 11 nitrogen and oxygen atoms in total. The van der Waals surface area contributed by atoms with Crippen LogP contribution in [0.15, 0.2) is 110 Å². The molecule has 7 rings (SSSR count). The second-order valence-corrected chi connectivity index (χ2v) is 9.96. The summed E-state index contributed by atoms with van der Waals surface area (Å²) in [7, 11) is 0. The van der Waals surface area contributed by atoms with Crippen LogP contribution in [-0.2, 0) is 13.1 Å². The van der Waals surface area contributed by atoms with E-state index in [1.165, 1.54) is 18.7 Å². The molecule has 0 radical (unpaired) electrons. The number of hydrogen-bond acceptors (Lipinski definition) is 5. The third-order valence-electron chi connectivity index (χ3n) is 7.80. The number of benzene rings is 3. The number of rotatable bonds is 3. The zero-order valence-electron chi connectivity index (χ0n) is 21.4. The molecule has 0 saturated heterocycles. The van der Waals surface area contributed by atoms with Gasteiger partial charge in [-0.3, -0.25) is 0 Å². The van der Waals surface area contributed by atoms with Crippen molar-refractivity contribution >= 4 is 0 Å². The topological polar surface area (TPSA) is 118 Å². The van der Waals surface area contributed by atoms with Crippen LogP contribution in [0.5, 0.6) is 5.75 Å². The molecule has 5 aromatic rings. The molecule has 40 heavy (non-hydrogen) atoms. The van der Waals surface area contributed by atoms with Crippen LogP contribution in [0.25, 0.3) is 11.4 Å². The maximum Gasteiger partial charge on any atom is 0.352 e. The Morgan fingerprint density at radius 3 is 1.88 bits per heavy atom. The van der Waals surface area contributed by atoms with Crippen LogP contribution < -0.4 is 22.8 Å². The quantitative estimate of drug-likeness (QED) is 0.353. The number of aromatic nitrogens is 6. The molecule has 0 spiro atoms. The summed E-state index contributed by atoms with van der Waals surface area (Å²) in [5, 5.41) is 11.1. The van der Waals surface area contributed by atoms with Crippen LogP contribution in [0.4, 0.5) is 0 Å². The van der Waals surface area contributed by atoms with Gasteiger partial charge in [0.25, 0.3) is 0 Å². The summed E-state index contributed by atoms with van der Waals surface area (Å²) in [6.07, 6.45) is 1.81. The first-order valence-corrected chi connectivity index (χ1v) is 12.9. The minimum atomic E-state index is -0.889. The molecule has 2 aromatic heterocycles. The summed E-state index contributed by atoms with van der Waals surface area (Å²) in [5.41, 5.74) is 0.292. The number of fused-ring (bicyclic) bond motifs is 4. The van der Waals surface area contributed by atoms with Crippen molar-refractivity contribution in [1.29, 1.82) is 0 Å². The molecule has 200 valence electrons. The highest BCUT2D eigenvalue weighted by atomic mass is 16.3. The van der Waals surface area contributed by atoms with Crippen LogP contribution in [0, 0.1) is 6.92 Å². The zero-order valence-corrected chi connectivity index (χ0v) is 21.4. The van der Waals surface area contributed by atoms with Crippen LogP contribution in [-0.4, -0.2) is 33.0 Å². The van der Waals surface area contributed by atoms with E-state index in [9.17, 15) is 24.3 Å². The minimum Gasteiger partial charge on any atom is -0.507 e. The Hall–Kier alpha value is -5.32. The lowest BCUT2D eigenvalue weighted by Crippen LogP contribution is -2.47. The number of aryl methyl sites for hydroxylation is 1. The molecule has 1 N–H and O–H groups in total. The van der Waals surface area contributed by atoms with Gasteiger partial charge in [0, 0.05) is 5.56 Å². The maximum atomic E-state index is 13.9. The number of para-hydroxylation sites is 3. The zero-order chi connectivity index (χ0) is 27.7. The highest BCUT2D eigenvalue weighted by Crippen LogP contribution is 2.42. The third-order valence-corrected chi connectivity index (χ3v) is 7.80. The van der Waals surface area contributed by atoms with Gasteiger partial charge in [-0.1, -0.05) is 60.7 Å². The lowest BCUT2D eigenvalue weighted by atomic mass is 9.89. The molecule has 2 atom stereocenters. The van der Waals surface area contributed by atoms with E-state index in [-0.39, 0.29) is 18.8 Å². The SMILES string of the molecule is Cc1cccc([C@H]2C3=CCn4c(=O)n(-c5ccccc5)c(=O)n4[C@@H]3Cn3c(=O)n(-c4ccccc4)c(=O)n32)c1O. The summed E-state index contributed by atoms with van der Waals surface area (Å²) < 4.78 is 7.56. The summed E-state index contributed by atoms with van der Waals surface area (Å²) >= 11 is 0. The predicted octanol–water partition coefficient (Wildman–Crippen LogP) is 1.71. The molecule has 0 saturated carbocycles. The lowest BCUT2D eigenvalue weighted by Gasteiger charge is -2.37. The summed E-state index contributed by atoms with van der Waals surface area (Å²) in [4.78, 5) is 54.9. The molecule has 11 heteroatoms. The van der Waals surface area contributed by atoms with Crippen LogP contribution >= 0.6 is 0 Å². The first-order valence-electron chi connectivity index (χ1n) is 12.9. The second kappa shape index (κ2) is 8.60. The fraction of sp³-hybridized carbons (Fsp3) is 0.172. The monoisotopic (exact) mass is 536 g/mol. The van der Waals surface area contributed by atoms with Crippen molar-refractivity contribution in [3.63, 3.8) is 0 Å². The van der Waals surface area contributed by atoms with E-state index in [1.54, 1.807) is 85.8 Å². The van der Waals surface area contributed by atoms with Crippen LogP contribution in [0.1, 0.15) is 23.2 Å². The highest BCUT2D eigenvalue weighted by molar-refractivity contribution is 5.46. The number of phenols is 1. The average molecular weight is 537 g/mol.